The Labute approximate surface area is 98.5 Å². The van der Waals surface area contributed by atoms with E-state index in [0.717, 1.165) is 12.5 Å². The summed E-state index contributed by atoms with van der Waals surface area (Å²) < 4.78 is 0. The minimum absolute atomic E-state index is 0.687. The average Bonchev–Trinajstić information content (AvgIpc) is 3.02. The fourth-order valence-corrected chi connectivity index (χ4v) is 1.79. The third-order valence-corrected chi connectivity index (χ3v) is 2.62. The van der Waals surface area contributed by atoms with Gasteiger partial charge in [-0.15, -0.1) is 5.10 Å². The molecule has 0 unspecified atom stereocenters. The summed E-state index contributed by atoms with van der Waals surface area (Å²) in [6.45, 7) is 1.50. The zero-order chi connectivity index (χ0) is 11.5. The van der Waals surface area contributed by atoms with Gasteiger partial charge in [0.05, 0.1) is 13.2 Å². The average molecular weight is 228 g/mol. The molecule has 6 nitrogen and oxygen atoms in total. The van der Waals surface area contributed by atoms with Crippen LogP contribution in [0.2, 0.25) is 0 Å². The molecule has 0 atom stereocenters. The summed E-state index contributed by atoms with van der Waals surface area (Å²) in [7, 11) is 0. The molecule has 0 spiro atoms. The van der Waals surface area contributed by atoms with Gasteiger partial charge in [-0.25, -0.2) is 5.10 Å². The van der Waals surface area contributed by atoms with Crippen LogP contribution in [0.4, 0.5) is 5.69 Å². The topological polar surface area (TPSA) is 60.9 Å². The number of hydrogen-bond acceptors (Lipinski definition) is 5. The quantitative estimate of drug-likeness (QED) is 0.847. The molecule has 2 aromatic rings. The second-order valence-electron chi connectivity index (χ2n) is 3.84. The molecule has 0 amide bonds. The van der Waals surface area contributed by atoms with Gasteiger partial charge in [0.1, 0.15) is 0 Å². The predicted molar refractivity (Wildman–Crippen MR) is 62.6 cm³/mol. The van der Waals surface area contributed by atoms with Crippen molar-refractivity contribution in [3.05, 3.63) is 48.6 Å². The second-order valence-corrected chi connectivity index (χ2v) is 3.84. The summed E-state index contributed by atoms with van der Waals surface area (Å²) in [5.74, 6) is 0.768. The van der Waals surface area contributed by atoms with Crippen LogP contribution < -0.4 is 4.90 Å². The van der Waals surface area contributed by atoms with Crippen molar-refractivity contribution in [2.75, 3.05) is 11.6 Å². The molecule has 1 aromatic heterocycles. The highest BCUT2D eigenvalue weighted by Gasteiger charge is 2.14. The monoisotopic (exact) mass is 228 g/mol. The number of benzene rings is 1. The predicted octanol–water partition coefficient (Wildman–Crippen LogP) is 0.951. The molecule has 0 aliphatic carbocycles. The van der Waals surface area contributed by atoms with Crippen molar-refractivity contribution in [3.8, 4) is 0 Å². The lowest BCUT2D eigenvalue weighted by Gasteiger charge is -2.20. The van der Waals surface area contributed by atoms with Gasteiger partial charge in [0.25, 0.3) is 0 Å². The fourth-order valence-electron chi connectivity index (χ4n) is 1.79. The Morgan fingerprint density at radius 3 is 2.82 bits per heavy atom. The SMILES string of the molecule is C1=CN(c2ccccc2)CN1Cc1nnn[nH]1. The number of tetrazole rings is 1. The maximum Gasteiger partial charge on any atom is 0.168 e. The molecule has 0 saturated heterocycles. The number of anilines is 1. The molecule has 0 bridgehead atoms. The van der Waals surface area contributed by atoms with Crippen molar-refractivity contribution in [1.29, 1.82) is 0 Å². The Morgan fingerprint density at radius 2 is 2.06 bits per heavy atom. The summed E-state index contributed by atoms with van der Waals surface area (Å²) in [6.07, 6.45) is 4.09. The Hall–Kier alpha value is -2.37. The van der Waals surface area contributed by atoms with Crippen molar-refractivity contribution in [3.63, 3.8) is 0 Å². The standard InChI is InChI=1S/C11H12N6/c1-2-4-10(5-3-1)17-7-6-16(9-17)8-11-12-14-15-13-11/h1-7H,8-9H2,(H,12,13,14,15). The summed E-state index contributed by atoms with van der Waals surface area (Å²) in [6, 6.07) is 10.3. The Morgan fingerprint density at radius 1 is 1.18 bits per heavy atom. The van der Waals surface area contributed by atoms with Gasteiger partial charge in [0, 0.05) is 18.1 Å². The Balaban J connectivity index is 1.65. The Kier molecular flexibility index (Phi) is 2.45. The van der Waals surface area contributed by atoms with Crippen molar-refractivity contribution >= 4 is 5.69 Å². The van der Waals surface area contributed by atoms with Gasteiger partial charge in [-0.1, -0.05) is 18.2 Å². The first-order valence-corrected chi connectivity index (χ1v) is 5.38. The number of para-hydroxylation sites is 1. The Bertz CT molecular complexity index is 492. The van der Waals surface area contributed by atoms with Crippen molar-refractivity contribution in [2.24, 2.45) is 0 Å². The number of aromatic nitrogens is 4. The van der Waals surface area contributed by atoms with Crippen LogP contribution in [0.3, 0.4) is 0 Å². The molecule has 1 aliphatic heterocycles. The van der Waals surface area contributed by atoms with E-state index in [-0.39, 0.29) is 0 Å². The molecule has 1 aromatic carbocycles. The van der Waals surface area contributed by atoms with E-state index in [0.29, 0.717) is 6.54 Å². The number of H-pyrrole nitrogens is 1. The number of nitrogens with zero attached hydrogens (tertiary/aromatic N) is 5. The minimum Gasteiger partial charge on any atom is -0.351 e. The molecule has 0 fully saturated rings. The molecule has 6 heteroatoms. The lowest BCUT2D eigenvalue weighted by atomic mass is 10.3. The first-order valence-electron chi connectivity index (χ1n) is 5.38. The zero-order valence-electron chi connectivity index (χ0n) is 9.19. The third kappa shape index (κ3) is 2.10. The first-order chi connectivity index (χ1) is 8.42. The smallest absolute Gasteiger partial charge is 0.168 e. The molecular formula is C11H12N6. The van der Waals surface area contributed by atoms with E-state index in [1.54, 1.807) is 0 Å². The van der Waals surface area contributed by atoms with Crippen molar-refractivity contribution in [1.82, 2.24) is 25.5 Å². The van der Waals surface area contributed by atoms with Gasteiger partial charge < -0.3 is 9.80 Å². The van der Waals surface area contributed by atoms with Crippen LogP contribution in [-0.4, -0.2) is 32.2 Å². The van der Waals surface area contributed by atoms with Crippen LogP contribution in [0.25, 0.3) is 0 Å². The third-order valence-electron chi connectivity index (χ3n) is 2.62. The van der Waals surface area contributed by atoms with E-state index >= 15 is 0 Å². The van der Waals surface area contributed by atoms with Crippen LogP contribution >= 0.6 is 0 Å². The van der Waals surface area contributed by atoms with Crippen LogP contribution in [0.5, 0.6) is 0 Å². The number of hydrogen-bond donors (Lipinski definition) is 1. The minimum atomic E-state index is 0.687. The van der Waals surface area contributed by atoms with Gasteiger partial charge >= 0.3 is 0 Å². The molecule has 1 aliphatic rings. The molecular weight excluding hydrogens is 216 g/mol. The highest BCUT2D eigenvalue weighted by molar-refractivity contribution is 5.49. The molecule has 17 heavy (non-hydrogen) atoms. The summed E-state index contributed by atoms with van der Waals surface area (Å²) in [5, 5.41) is 13.7. The van der Waals surface area contributed by atoms with Gasteiger partial charge in [0.15, 0.2) is 5.82 Å². The number of rotatable bonds is 3. The molecule has 0 saturated carbocycles. The van der Waals surface area contributed by atoms with E-state index in [4.69, 9.17) is 0 Å². The highest BCUT2D eigenvalue weighted by Crippen LogP contribution is 2.18. The van der Waals surface area contributed by atoms with Gasteiger partial charge in [-0.2, -0.15) is 0 Å². The molecule has 3 rings (SSSR count). The zero-order valence-corrected chi connectivity index (χ0v) is 9.19. The summed E-state index contributed by atoms with van der Waals surface area (Å²) in [4.78, 5) is 4.30. The van der Waals surface area contributed by atoms with Crippen molar-refractivity contribution in [2.45, 2.75) is 6.54 Å². The van der Waals surface area contributed by atoms with Gasteiger partial charge in [-0.05, 0) is 22.6 Å². The van der Waals surface area contributed by atoms with Crippen LogP contribution in [0, 0.1) is 0 Å². The lowest BCUT2D eigenvalue weighted by molar-refractivity contribution is 0.389. The molecule has 2 heterocycles. The second kappa shape index (κ2) is 4.25. The van der Waals surface area contributed by atoms with Crippen LogP contribution in [0.1, 0.15) is 5.82 Å². The maximum atomic E-state index is 3.87. The normalized spacial score (nSPS) is 14.6. The van der Waals surface area contributed by atoms with Crippen molar-refractivity contribution < 1.29 is 0 Å². The van der Waals surface area contributed by atoms with E-state index in [1.165, 1.54) is 5.69 Å². The fraction of sp³-hybridized carbons (Fsp3) is 0.182. The van der Waals surface area contributed by atoms with E-state index in [1.807, 2.05) is 24.4 Å². The first kappa shape index (κ1) is 9.83. The largest absolute Gasteiger partial charge is 0.351 e. The van der Waals surface area contributed by atoms with Crippen LogP contribution in [-0.2, 0) is 6.54 Å². The van der Waals surface area contributed by atoms with E-state index in [9.17, 15) is 0 Å². The number of aromatic amines is 1. The summed E-state index contributed by atoms with van der Waals surface area (Å²) in [5.41, 5.74) is 1.18. The van der Waals surface area contributed by atoms with E-state index < -0.39 is 0 Å². The van der Waals surface area contributed by atoms with Crippen LogP contribution in [0.15, 0.2) is 42.7 Å². The van der Waals surface area contributed by atoms with Gasteiger partial charge in [0.2, 0.25) is 0 Å². The number of nitrogens with one attached hydrogen (secondary N) is 1. The van der Waals surface area contributed by atoms with E-state index in [2.05, 4.69) is 48.8 Å². The highest BCUT2D eigenvalue weighted by atomic mass is 15.5. The van der Waals surface area contributed by atoms with Gasteiger partial charge in [-0.3, -0.25) is 0 Å². The maximum absolute atomic E-state index is 3.87. The molecule has 0 radical (unpaired) electrons. The summed E-state index contributed by atoms with van der Waals surface area (Å²) >= 11 is 0. The molecule has 1 N–H and O–H groups in total. The molecule has 86 valence electrons. The lowest BCUT2D eigenvalue weighted by Crippen LogP contribution is -2.25.